The Morgan fingerprint density at radius 2 is 2.14 bits per heavy atom. The van der Waals surface area contributed by atoms with E-state index in [4.69, 9.17) is 4.74 Å². The third kappa shape index (κ3) is 3.79. The third-order valence-corrected chi connectivity index (χ3v) is 4.29. The Bertz CT molecular complexity index is 748. The number of hydrogen-bond donors (Lipinski definition) is 0. The Morgan fingerprint density at radius 3 is 2.81 bits per heavy atom. The standard InChI is InChI=1S/C14H15BrN2O3S/c1-3-12(18)16-14-17(8-13(19)20-4-2)10-6-5-9(15)7-11(10)21-14/h5-7H,3-4,8H2,1-2H3. The molecule has 21 heavy (non-hydrogen) atoms. The third-order valence-electron chi connectivity index (χ3n) is 2.76. The van der Waals surface area contributed by atoms with Crippen LogP contribution in [0.4, 0.5) is 0 Å². The lowest BCUT2D eigenvalue weighted by Gasteiger charge is -2.05. The summed E-state index contributed by atoms with van der Waals surface area (Å²) in [5.41, 5.74) is 0.860. The van der Waals surface area contributed by atoms with Gasteiger partial charge in [0.2, 0.25) is 5.91 Å². The van der Waals surface area contributed by atoms with E-state index in [1.54, 1.807) is 18.4 Å². The van der Waals surface area contributed by atoms with Crippen LogP contribution < -0.4 is 4.80 Å². The molecule has 1 aromatic carbocycles. The molecule has 0 unspecified atom stereocenters. The number of thiazole rings is 1. The zero-order valence-electron chi connectivity index (χ0n) is 11.8. The van der Waals surface area contributed by atoms with Crippen LogP contribution in [0.2, 0.25) is 0 Å². The first kappa shape index (κ1) is 15.9. The van der Waals surface area contributed by atoms with Gasteiger partial charge in [-0.15, -0.1) is 0 Å². The summed E-state index contributed by atoms with van der Waals surface area (Å²) in [6.45, 7) is 3.89. The zero-order valence-corrected chi connectivity index (χ0v) is 14.2. The average molecular weight is 371 g/mol. The number of nitrogens with zero attached hydrogens (tertiary/aromatic N) is 2. The van der Waals surface area contributed by atoms with E-state index in [1.807, 2.05) is 18.2 Å². The van der Waals surface area contributed by atoms with Gasteiger partial charge in [0.05, 0.1) is 16.8 Å². The molecule has 0 aliphatic carbocycles. The predicted molar refractivity (Wildman–Crippen MR) is 85.0 cm³/mol. The molecule has 0 aliphatic heterocycles. The lowest BCUT2D eigenvalue weighted by Crippen LogP contribution is -2.23. The van der Waals surface area contributed by atoms with Gasteiger partial charge in [-0.05, 0) is 25.1 Å². The van der Waals surface area contributed by atoms with Gasteiger partial charge in [-0.2, -0.15) is 4.99 Å². The molecule has 0 saturated carbocycles. The number of amides is 1. The highest BCUT2D eigenvalue weighted by atomic mass is 79.9. The molecule has 0 N–H and O–H groups in total. The van der Waals surface area contributed by atoms with Gasteiger partial charge >= 0.3 is 5.97 Å². The smallest absolute Gasteiger partial charge is 0.326 e. The van der Waals surface area contributed by atoms with Crippen molar-refractivity contribution >= 4 is 49.4 Å². The first-order valence-electron chi connectivity index (χ1n) is 6.57. The molecule has 2 aromatic rings. The summed E-state index contributed by atoms with van der Waals surface area (Å²) in [7, 11) is 0. The van der Waals surface area contributed by atoms with Gasteiger partial charge in [0.1, 0.15) is 6.54 Å². The molecule has 1 amide bonds. The largest absolute Gasteiger partial charge is 0.465 e. The van der Waals surface area contributed by atoms with Crippen LogP contribution in [0.1, 0.15) is 20.3 Å². The van der Waals surface area contributed by atoms with E-state index in [1.165, 1.54) is 11.3 Å². The molecule has 0 radical (unpaired) electrons. The lowest BCUT2D eigenvalue weighted by atomic mass is 10.3. The first-order chi connectivity index (χ1) is 10.0. The number of esters is 1. The number of benzene rings is 1. The fourth-order valence-electron chi connectivity index (χ4n) is 1.81. The second kappa shape index (κ2) is 7.00. The Kier molecular flexibility index (Phi) is 5.30. The van der Waals surface area contributed by atoms with Crippen molar-refractivity contribution in [1.29, 1.82) is 0 Å². The molecule has 7 heteroatoms. The average Bonchev–Trinajstić information content (AvgIpc) is 2.75. The van der Waals surface area contributed by atoms with Crippen LogP contribution >= 0.6 is 27.3 Å². The summed E-state index contributed by atoms with van der Waals surface area (Å²) in [5.74, 6) is -0.552. The fourth-order valence-corrected chi connectivity index (χ4v) is 3.41. The molecule has 2 rings (SSSR count). The molecule has 0 spiro atoms. The molecule has 0 fully saturated rings. The Hall–Kier alpha value is -1.47. The Balaban J connectivity index is 2.57. The normalized spacial score (nSPS) is 11.9. The second-order valence-corrected chi connectivity index (χ2v) is 6.17. The molecular formula is C14H15BrN2O3S. The highest BCUT2D eigenvalue weighted by Crippen LogP contribution is 2.22. The van der Waals surface area contributed by atoms with Crippen molar-refractivity contribution in [3.63, 3.8) is 0 Å². The summed E-state index contributed by atoms with van der Waals surface area (Å²) in [6, 6.07) is 5.73. The maximum absolute atomic E-state index is 11.8. The van der Waals surface area contributed by atoms with Gasteiger partial charge in [0, 0.05) is 10.9 Å². The number of fused-ring (bicyclic) bond motifs is 1. The van der Waals surface area contributed by atoms with Crippen molar-refractivity contribution in [1.82, 2.24) is 4.57 Å². The summed E-state index contributed by atoms with van der Waals surface area (Å²) in [6.07, 6.45) is 0.331. The molecule has 0 aliphatic rings. The highest BCUT2D eigenvalue weighted by Gasteiger charge is 2.12. The summed E-state index contributed by atoms with van der Waals surface area (Å²) in [4.78, 5) is 27.9. The van der Waals surface area contributed by atoms with Crippen LogP contribution in [-0.2, 0) is 20.9 Å². The minimum absolute atomic E-state index is 0.0469. The van der Waals surface area contributed by atoms with Crippen molar-refractivity contribution in [2.45, 2.75) is 26.8 Å². The minimum atomic E-state index is -0.342. The van der Waals surface area contributed by atoms with Crippen LogP contribution in [-0.4, -0.2) is 23.1 Å². The fraction of sp³-hybridized carbons (Fsp3) is 0.357. The molecule has 0 bridgehead atoms. The zero-order chi connectivity index (χ0) is 15.4. The van der Waals surface area contributed by atoms with E-state index in [-0.39, 0.29) is 18.4 Å². The van der Waals surface area contributed by atoms with E-state index < -0.39 is 0 Å². The van der Waals surface area contributed by atoms with Gasteiger partial charge in [0.15, 0.2) is 4.80 Å². The van der Waals surface area contributed by atoms with Crippen LogP contribution in [0.3, 0.4) is 0 Å². The van der Waals surface area contributed by atoms with Gasteiger partial charge < -0.3 is 9.30 Å². The van der Waals surface area contributed by atoms with Crippen LogP contribution in [0.5, 0.6) is 0 Å². The maximum Gasteiger partial charge on any atom is 0.326 e. The van der Waals surface area contributed by atoms with E-state index in [2.05, 4.69) is 20.9 Å². The molecule has 112 valence electrons. The summed E-state index contributed by atoms with van der Waals surface area (Å²) < 4.78 is 8.60. The van der Waals surface area contributed by atoms with Gasteiger partial charge in [-0.1, -0.05) is 34.2 Å². The number of halogens is 1. The number of rotatable bonds is 4. The van der Waals surface area contributed by atoms with Gasteiger partial charge in [0.25, 0.3) is 0 Å². The van der Waals surface area contributed by atoms with Crippen molar-refractivity contribution in [2.75, 3.05) is 6.61 Å². The molecule has 5 nitrogen and oxygen atoms in total. The summed E-state index contributed by atoms with van der Waals surface area (Å²) in [5, 5.41) is 0. The van der Waals surface area contributed by atoms with Crippen molar-refractivity contribution in [3.05, 3.63) is 27.5 Å². The predicted octanol–water partition coefficient (Wildman–Crippen LogP) is 2.87. The molecule has 0 saturated heterocycles. The number of aromatic nitrogens is 1. The quantitative estimate of drug-likeness (QED) is 0.777. The van der Waals surface area contributed by atoms with Gasteiger partial charge in [-0.25, -0.2) is 0 Å². The number of hydrogen-bond acceptors (Lipinski definition) is 4. The van der Waals surface area contributed by atoms with E-state index >= 15 is 0 Å². The topological polar surface area (TPSA) is 60.7 Å². The van der Waals surface area contributed by atoms with Gasteiger partial charge in [-0.3, -0.25) is 9.59 Å². The van der Waals surface area contributed by atoms with Crippen LogP contribution in [0.15, 0.2) is 27.7 Å². The summed E-state index contributed by atoms with van der Waals surface area (Å²) >= 11 is 4.79. The lowest BCUT2D eigenvalue weighted by molar-refractivity contribution is -0.143. The molecule has 0 atom stereocenters. The minimum Gasteiger partial charge on any atom is -0.465 e. The number of carbonyl (C=O) groups excluding carboxylic acids is 2. The van der Waals surface area contributed by atoms with Crippen molar-refractivity contribution < 1.29 is 14.3 Å². The second-order valence-electron chi connectivity index (χ2n) is 4.25. The number of ether oxygens (including phenoxy) is 1. The van der Waals surface area contributed by atoms with Crippen LogP contribution in [0.25, 0.3) is 10.2 Å². The molecular weight excluding hydrogens is 356 g/mol. The van der Waals surface area contributed by atoms with Crippen molar-refractivity contribution in [2.24, 2.45) is 4.99 Å². The molecule has 1 heterocycles. The first-order valence-corrected chi connectivity index (χ1v) is 8.18. The maximum atomic E-state index is 11.8. The van der Waals surface area contributed by atoms with Crippen LogP contribution in [0, 0.1) is 0 Å². The SMILES string of the molecule is CCOC(=O)Cn1c(=NC(=O)CC)sc2cc(Br)ccc21. The highest BCUT2D eigenvalue weighted by molar-refractivity contribution is 9.10. The molecule has 1 aromatic heterocycles. The Morgan fingerprint density at radius 1 is 1.38 bits per heavy atom. The van der Waals surface area contributed by atoms with E-state index in [9.17, 15) is 9.59 Å². The monoisotopic (exact) mass is 370 g/mol. The Labute approximate surface area is 134 Å². The van der Waals surface area contributed by atoms with Crippen molar-refractivity contribution in [3.8, 4) is 0 Å². The number of carbonyl (C=O) groups is 2. The van der Waals surface area contributed by atoms with E-state index in [0.29, 0.717) is 17.8 Å². The van der Waals surface area contributed by atoms with E-state index in [0.717, 1.165) is 14.7 Å².